The molecule has 8 aromatic carbocycles. The zero-order valence-electron chi connectivity index (χ0n) is 33.2. The summed E-state index contributed by atoms with van der Waals surface area (Å²) in [5, 5.41) is 8.11. The van der Waals surface area contributed by atoms with Gasteiger partial charge >= 0.3 is 0 Å². The van der Waals surface area contributed by atoms with Crippen LogP contribution < -0.4 is 20.7 Å². The van der Waals surface area contributed by atoms with Crippen molar-refractivity contribution < 1.29 is 0 Å². The molecule has 2 nitrogen and oxygen atoms in total. The van der Waals surface area contributed by atoms with Crippen LogP contribution in [-0.4, -0.2) is 17.6 Å². The minimum absolute atomic E-state index is 0.191. The van der Waals surface area contributed by atoms with E-state index in [0.29, 0.717) is 0 Å². The molecule has 3 heteroatoms. The maximum absolute atomic E-state index is 4.20. The van der Waals surface area contributed by atoms with E-state index in [1.54, 1.807) is 0 Å². The molecule has 0 spiro atoms. The molecule has 0 amide bonds. The fourth-order valence-electron chi connectivity index (χ4n) is 9.99. The number of hydrogen-bond acceptors (Lipinski definition) is 1. The van der Waals surface area contributed by atoms with Gasteiger partial charge in [0.25, 0.3) is 0 Å². The van der Waals surface area contributed by atoms with Crippen LogP contribution >= 0.6 is 0 Å². The molecule has 0 radical (unpaired) electrons. The third-order valence-electron chi connectivity index (χ3n) is 12.9. The van der Waals surface area contributed by atoms with Gasteiger partial charge in [-0.3, -0.25) is 4.98 Å². The molecule has 0 aliphatic heterocycles. The van der Waals surface area contributed by atoms with E-state index in [-0.39, 0.29) is 5.41 Å². The molecule has 1 aliphatic rings. The number of fused-ring (bicyclic) bond motifs is 6. The third kappa shape index (κ3) is 5.50. The molecule has 11 rings (SSSR count). The summed E-state index contributed by atoms with van der Waals surface area (Å²) >= 11 is 0. The van der Waals surface area contributed by atoms with Crippen LogP contribution in [0.1, 0.15) is 25.0 Å². The first-order valence-electron chi connectivity index (χ1n) is 20.5. The maximum atomic E-state index is 4.20. The Balaban J connectivity index is 1.02. The predicted octanol–water partition coefficient (Wildman–Crippen LogP) is 11.2. The molecule has 2 aromatic heterocycles. The lowest BCUT2D eigenvalue weighted by atomic mass is 9.81. The van der Waals surface area contributed by atoms with Crippen molar-refractivity contribution in [3.8, 4) is 39.1 Å². The van der Waals surface area contributed by atoms with E-state index in [4.69, 9.17) is 0 Å². The lowest BCUT2D eigenvalue weighted by molar-refractivity contribution is 0.661. The third-order valence-corrected chi connectivity index (χ3v) is 17.6. The molecular formula is C56H42N2Si. The van der Waals surface area contributed by atoms with Crippen LogP contribution in [0.4, 0.5) is 0 Å². The van der Waals surface area contributed by atoms with Crippen molar-refractivity contribution in [2.45, 2.75) is 19.3 Å². The second kappa shape index (κ2) is 13.8. The molecule has 1 aliphatic carbocycles. The number of nitrogens with zero attached hydrogens (tertiary/aromatic N) is 2. The number of rotatable bonds is 7. The van der Waals surface area contributed by atoms with Crippen molar-refractivity contribution in [3.05, 3.63) is 230 Å². The van der Waals surface area contributed by atoms with Crippen molar-refractivity contribution >= 4 is 50.6 Å². The molecule has 10 aromatic rings. The van der Waals surface area contributed by atoms with Crippen LogP contribution in [0.5, 0.6) is 0 Å². The molecule has 0 saturated heterocycles. The minimum atomic E-state index is -2.67. The van der Waals surface area contributed by atoms with Crippen LogP contribution in [0.3, 0.4) is 0 Å². The van der Waals surface area contributed by atoms with Crippen molar-refractivity contribution in [2.24, 2.45) is 0 Å². The molecule has 0 saturated carbocycles. The Morgan fingerprint density at radius 3 is 1.53 bits per heavy atom. The van der Waals surface area contributed by atoms with E-state index in [2.05, 4.69) is 230 Å². The van der Waals surface area contributed by atoms with Gasteiger partial charge in [-0.2, -0.15) is 0 Å². The van der Waals surface area contributed by atoms with E-state index in [9.17, 15) is 0 Å². The summed E-state index contributed by atoms with van der Waals surface area (Å²) in [4.78, 5) is 4.20. The zero-order valence-corrected chi connectivity index (χ0v) is 34.2. The molecule has 280 valence electrons. The van der Waals surface area contributed by atoms with Gasteiger partial charge < -0.3 is 4.57 Å². The van der Waals surface area contributed by atoms with Gasteiger partial charge in [0.2, 0.25) is 0 Å². The number of pyridine rings is 1. The summed E-state index contributed by atoms with van der Waals surface area (Å²) < 4.78 is 2.40. The summed E-state index contributed by atoms with van der Waals surface area (Å²) in [5.74, 6) is 0. The van der Waals surface area contributed by atoms with E-state index >= 15 is 0 Å². The Morgan fingerprint density at radius 1 is 0.390 bits per heavy atom. The monoisotopic (exact) mass is 770 g/mol. The van der Waals surface area contributed by atoms with Crippen LogP contribution in [0.15, 0.2) is 219 Å². The average Bonchev–Trinajstić information content (AvgIpc) is 3.75. The SMILES string of the molecule is CC1(C)c2cc(-c3ccc4c(c3)c3ccccc3n4-c3ccc(-c4ccncc4)cc3)ccc2-c2ccc([Si](c3ccccc3)(c3ccccc3)c3ccccc3)cc21. The summed E-state index contributed by atoms with van der Waals surface area (Å²) in [6.45, 7) is 4.83. The Labute approximate surface area is 346 Å². The van der Waals surface area contributed by atoms with Crippen molar-refractivity contribution in [2.75, 3.05) is 0 Å². The van der Waals surface area contributed by atoms with Gasteiger partial charge in [-0.1, -0.05) is 172 Å². The minimum Gasteiger partial charge on any atom is -0.309 e. The zero-order chi connectivity index (χ0) is 39.6. The number of para-hydroxylation sites is 1. The normalized spacial score (nSPS) is 13.1. The molecule has 0 atom stereocenters. The fraction of sp³-hybridized carbons (Fsp3) is 0.0536. The Hall–Kier alpha value is -7.07. The van der Waals surface area contributed by atoms with Crippen molar-refractivity contribution in [1.29, 1.82) is 0 Å². The van der Waals surface area contributed by atoms with Gasteiger partial charge in [0.05, 0.1) is 11.0 Å². The van der Waals surface area contributed by atoms with Gasteiger partial charge in [0.15, 0.2) is 8.07 Å². The smallest absolute Gasteiger partial charge is 0.179 e. The molecule has 0 bridgehead atoms. The Kier molecular flexibility index (Phi) is 8.21. The van der Waals surface area contributed by atoms with Crippen LogP contribution in [-0.2, 0) is 5.41 Å². The largest absolute Gasteiger partial charge is 0.309 e. The van der Waals surface area contributed by atoms with Crippen LogP contribution in [0.25, 0.3) is 60.9 Å². The maximum Gasteiger partial charge on any atom is 0.179 e. The molecular weight excluding hydrogens is 729 g/mol. The highest BCUT2D eigenvalue weighted by Gasteiger charge is 2.44. The lowest BCUT2D eigenvalue weighted by Crippen LogP contribution is -2.74. The van der Waals surface area contributed by atoms with Gasteiger partial charge in [0.1, 0.15) is 0 Å². The van der Waals surface area contributed by atoms with E-state index in [0.717, 1.165) is 5.69 Å². The van der Waals surface area contributed by atoms with Crippen LogP contribution in [0.2, 0.25) is 0 Å². The number of benzene rings is 8. The summed E-state index contributed by atoms with van der Waals surface area (Å²) in [7, 11) is -2.67. The highest BCUT2D eigenvalue weighted by atomic mass is 28.3. The molecule has 0 N–H and O–H groups in total. The highest BCUT2D eigenvalue weighted by Crippen LogP contribution is 2.49. The van der Waals surface area contributed by atoms with Crippen molar-refractivity contribution in [1.82, 2.24) is 9.55 Å². The van der Waals surface area contributed by atoms with Gasteiger partial charge in [-0.05, 0) is 114 Å². The van der Waals surface area contributed by atoms with Crippen LogP contribution in [0, 0.1) is 0 Å². The first-order valence-corrected chi connectivity index (χ1v) is 22.5. The summed E-state index contributed by atoms with van der Waals surface area (Å²) in [6.07, 6.45) is 3.70. The molecule has 0 unspecified atom stereocenters. The van der Waals surface area contributed by atoms with E-state index in [1.807, 2.05) is 12.4 Å². The van der Waals surface area contributed by atoms with E-state index in [1.165, 1.54) is 87.1 Å². The second-order valence-electron chi connectivity index (χ2n) is 16.4. The molecule has 2 heterocycles. The number of aromatic nitrogens is 2. The Bertz CT molecular complexity index is 3050. The standard InChI is InChI=1S/C56H42N2Si/c1-56(2)52-37-42(41-25-31-55-51(36-41)50-20-12-13-21-54(50)58(55)43-26-22-39(23-27-43)40-32-34-57-35-33-40)24-29-48(52)49-30-28-47(38-53(49)56)59(44-14-6-3-7-15-44,45-16-8-4-9-17-45)46-18-10-5-11-19-46/h3-38H,1-2H3. The second-order valence-corrected chi connectivity index (χ2v) is 20.2. The van der Waals surface area contributed by atoms with Gasteiger partial charge in [-0.15, -0.1) is 0 Å². The fourth-order valence-corrected chi connectivity index (χ4v) is 14.8. The van der Waals surface area contributed by atoms with E-state index < -0.39 is 8.07 Å². The van der Waals surface area contributed by atoms with Crippen molar-refractivity contribution in [3.63, 3.8) is 0 Å². The first kappa shape index (κ1) is 35.1. The lowest BCUT2D eigenvalue weighted by Gasteiger charge is -2.35. The number of hydrogen-bond donors (Lipinski definition) is 0. The van der Waals surface area contributed by atoms with Gasteiger partial charge in [-0.25, -0.2) is 0 Å². The first-order chi connectivity index (χ1) is 29.0. The molecule has 0 fully saturated rings. The quantitative estimate of drug-likeness (QED) is 0.117. The predicted molar refractivity (Wildman–Crippen MR) is 251 cm³/mol. The average molecular weight is 771 g/mol. The summed E-state index contributed by atoms with van der Waals surface area (Å²) in [6, 6.07) is 77.1. The highest BCUT2D eigenvalue weighted by molar-refractivity contribution is 7.19. The summed E-state index contributed by atoms with van der Waals surface area (Å²) in [5.41, 5.74) is 13.6. The van der Waals surface area contributed by atoms with Gasteiger partial charge in [0, 0.05) is 34.3 Å². The topological polar surface area (TPSA) is 17.8 Å². The molecule has 59 heavy (non-hydrogen) atoms. The Morgan fingerprint density at radius 2 is 0.881 bits per heavy atom.